The van der Waals surface area contributed by atoms with Gasteiger partial charge in [-0.05, 0) is 166 Å². The summed E-state index contributed by atoms with van der Waals surface area (Å²) in [7, 11) is 0. The number of carboxylic acid groups (broad SMARTS) is 1. The normalized spacial score (nSPS) is 17.1. The van der Waals surface area contributed by atoms with Crippen LogP contribution in [0.5, 0.6) is 0 Å². The highest BCUT2D eigenvalue weighted by Gasteiger charge is 2.55. The molecule has 380 valence electrons. The van der Waals surface area contributed by atoms with Gasteiger partial charge in [-0.15, -0.1) is 0 Å². The van der Waals surface area contributed by atoms with Crippen LogP contribution in [-0.2, 0) is 33.4 Å². The molecule has 4 aromatic heterocycles. The molecule has 0 amide bonds. The van der Waals surface area contributed by atoms with E-state index in [4.69, 9.17) is 24.6 Å². The predicted octanol–water partition coefficient (Wildman–Crippen LogP) is 10.3. The van der Waals surface area contributed by atoms with E-state index in [1.54, 1.807) is 32.4 Å². The van der Waals surface area contributed by atoms with Crippen LogP contribution in [0.15, 0.2) is 113 Å². The van der Waals surface area contributed by atoms with Gasteiger partial charge in [-0.25, -0.2) is 19.6 Å². The molecule has 2 fully saturated rings. The van der Waals surface area contributed by atoms with Gasteiger partial charge in [0.15, 0.2) is 5.60 Å². The van der Waals surface area contributed by atoms with E-state index in [2.05, 4.69) is 97.5 Å². The second-order valence-electron chi connectivity index (χ2n) is 17.6. The fourth-order valence-corrected chi connectivity index (χ4v) is 9.64. The van der Waals surface area contributed by atoms with Crippen molar-refractivity contribution in [3.63, 3.8) is 0 Å². The maximum absolute atomic E-state index is 12.8. The van der Waals surface area contributed by atoms with E-state index >= 15 is 0 Å². The number of hydrogen-bond acceptors (Lipinski definition) is 14. The quantitative estimate of drug-likeness (QED) is 0.0812. The van der Waals surface area contributed by atoms with Crippen LogP contribution in [0.2, 0.25) is 0 Å². The summed E-state index contributed by atoms with van der Waals surface area (Å²) in [4.78, 5) is 75.2. The Morgan fingerprint density at radius 1 is 0.644 bits per heavy atom. The summed E-state index contributed by atoms with van der Waals surface area (Å²) >= 11 is 14.4. The van der Waals surface area contributed by atoms with Gasteiger partial charge in [0, 0.05) is 90.9 Å². The lowest BCUT2D eigenvalue weighted by Gasteiger charge is -2.17. The van der Waals surface area contributed by atoms with Gasteiger partial charge in [0.2, 0.25) is 5.60 Å². The van der Waals surface area contributed by atoms with E-state index in [1.807, 2.05) is 80.7 Å². The minimum atomic E-state index is -1.12. The SMILES string of the molecule is CCOC(=O)C1(O)CC1.CCOC(=O)C1(OC(=O)CC[C@@H]2N=C(c3ccccn3)c3cc(Br)c(Br)cc3-n3c(C)cnc32)CC1.Cc1cnc2n1-c1cc(Br)c(Br)cc1C(c1ccccn1)=N[C@H]2CCC(=O)O. The number of esters is 3. The Balaban J connectivity index is 0.000000170. The second-order valence-corrected chi connectivity index (χ2v) is 21.0. The fourth-order valence-electron chi connectivity index (χ4n) is 8.29. The van der Waals surface area contributed by atoms with Crippen molar-refractivity contribution in [2.24, 2.45) is 9.98 Å². The van der Waals surface area contributed by atoms with E-state index < -0.39 is 41.1 Å². The molecular weight excluding hydrogens is 1200 g/mol. The molecular formula is C52H50Br4N8O9. The van der Waals surface area contributed by atoms with Gasteiger partial charge in [0.25, 0.3) is 0 Å². The number of carbonyl (C=O) groups is 4. The number of halogens is 4. The molecule has 0 radical (unpaired) electrons. The summed E-state index contributed by atoms with van der Waals surface area (Å²) in [5.74, 6) is -0.770. The van der Waals surface area contributed by atoms with Crippen molar-refractivity contribution < 1.29 is 43.6 Å². The molecule has 0 saturated heterocycles. The van der Waals surface area contributed by atoms with Gasteiger partial charge in [0.05, 0.1) is 47.4 Å². The number of aromatic nitrogens is 6. The van der Waals surface area contributed by atoms with Crippen molar-refractivity contribution in [3.8, 4) is 11.4 Å². The van der Waals surface area contributed by atoms with Crippen LogP contribution in [0, 0.1) is 13.8 Å². The third-order valence-electron chi connectivity index (χ3n) is 12.3. The fraction of sp³-hybridized carbons (Fsp3) is 0.346. The number of aliphatic hydroxyl groups is 1. The summed E-state index contributed by atoms with van der Waals surface area (Å²) in [5.41, 5.74) is 6.25. The highest BCUT2D eigenvalue weighted by molar-refractivity contribution is 9.13. The Labute approximate surface area is 454 Å². The first-order valence-electron chi connectivity index (χ1n) is 23.5. The van der Waals surface area contributed by atoms with E-state index in [-0.39, 0.29) is 25.5 Å². The van der Waals surface area contributed by atoms with Gasteiger partial charge in [0.1, 0.15) is 23.7 Å². The number of rotatable bonds is 13. The number of ether oxygens (including phenoxy) is 3. The van der Waals surface area contributed by atoms with Crippen LogP contribution in [0.25, 0.3) is 11.4 Å². The van der Waals surface area contributed by atoms with E-state index in [9.17, 15) is 24.3 Å². The molecule has 4 aliphatic rings. The first kappa shape index (κ1) is 53.5. The number of hydrogen-bond donors (Lipinski definition) is 2. The molecule has 17 nitrogen and oxygen atoms in total. The number of fused-ring (bicyclic) bond motifs is 6. The number of carbonyl (C=O) groups excluding carboxylic acids is 3. The maximum atomic E-state index is 12.8. The molecule has 21 heteroatoms. The molecule has 0 spiro atoms. The Hall–Kier alpha value is -5.74. The Morgan fingerprint density at radius 3 is 1.51 bits per heavy atom. The maximum Gasteiger partial charge on any atom is 0.350 e. The number of pyridine rings is 2. The molecule has 0 unspecified atom stereocenters. The first-order valence-corrected chi connectivity index (χ1v) is 26.7. The van der Waals surface area contributed by atoms with E-state index in [1.165, 1.54) is 0 Å². The van der Waals surface area contributed by atoms with Crippen LogP contribution >= 0.6 is 63.7 Å². The van der Waals surface area contributed by atoms with Gasteiger partial charge < -0.3 is 24.4 Å². The minimum Gasteiger partial charge on any atom is -0.481 e. The molecule has 2 N–H and O–H groups in total. The highest BCUT2D eigenvalue weighted by atomic mass is 79.9. The number of imidazole rings is 2. The van der Waals surface area contributed by atoms with Crippen molar-refractivity contribution in [3.05, 3.63) is 149 Å². The van der Waals surface area contributed by atoms with Crippen LogP contribution < -0.4 is 0 Å². The summed E-state index contributed by atoms with van der Waals surface area (Å²) < 4.78 is 23.0. The second kappa shape index (κ2) is 22.8. The lowest BCUT2D eigenvalue weighted by atomic mass is 10.0. The zero-order valence-electron chi connectivity index (χ0n) is 40.2. The molecule has 0 bridgehead atoms. The minimum absolute atomic E-state index is 0.0132. The van der Waals surface area contributed by atoms with Gasteiger partial charge in [-0.3, -0.25) is 38.7 Å². The molecule has 2 aliphatic heterocycles. The van der Waals surface area contributed by atoms with Crippen LogP contribution in [0.3, 0.4) is 0 Å². The number of aliphatic imine (C=N–C) groups is 2. The Bertz CT molecular complexity index is 3130. The summed E-state index contributed by atoms with van der Waals surface area (Å²) in [5, 5.41) is 18.3. The average molecular weight is 1250 g/mol. The first-order chi connectivity index (χ1) is 35.0. The van der Waals surface area contributed by atoms with Crippen LogP contribution in [-0.4, -0.2) is 99.0 Å². The predicted molar refractivity (Wildman–Crippen MR) is 284 cm³/mol. The zero-order chi connectivity index (χ0) is 52.2. The third kappa shape index (κ3) is 12.0. The zero-order valence-corrected chi connectivity index (χ0v) is 46.5. The average Bonchev–Trinajstić information content (AvgIpc) is 4.27. The third-order valence-corrected chi connectivity index (χ3v) is 16.0. The number of aliphatic carboxylic acids is 1. The van der Waals surface area contributed by atoms with Crippen LogP contribution in [0.1, 0.15) is 123 Å². The lowest BCUT2D eigenvalue weighted by molar-refractivity contribution is -0.171. The number of nitrogens with zero attached hydrogens (tertiary/aromatic N) is 8. The van der Waals surface area contributed by atoms with Crippen molar-refractivity contribution >= 4 is 99.0 Å². The Morgan fingerprint density at radius 2 is 1.10 bits per heavy atom. The van der Waals surface area contributed by atoms with Crippen molar-refractivity contribution in [2.75, 3.05) is 13.2 Å². The molecule has 10 rings (SSSR count). The highest BCUT2D eigenvalue weighted by Crippen LogP contribution is 2.43. The smallest absolute Gasteiger partial charge is 0.350 e. The molecule has 6 heterocycles. The lowest BCUT2D eigenvalue weighted by Crippen LogP contribution is -2.31. The van der Waals surface area contributed by atoms with Crippen molar-refractivity contribution in [1.82, 2.24) is 29.1 Å². The molecule has 6 aromatic rings. The topological polar surface area (TPSA) is 223 Å². The molecule has 2 atom stereocenters. The summed E-state index contributed by atoms with van der Waals surface area (Å²) in [6.07, 6.45) is 9.99. The summed E-state index contributed by atoms with van der Waals surface area (Å²) in [6.45, 7) is 8.03. The number of carboxylic acids is 1. The molecule has 2 aromatic carbocycles. The van der Waals surface area contributed by atoms with Gasteiger partial charge >= 0.3 is 23.9 Å². The standard InChI is InChI=1S/C26H24Br2N4O4.C20H16Br2N4O2.C6H10O3/c1-3-35-25(34)26(9-10-26)36-22(33)8-7-20-24-30-14-15(2)32(24)21-13-18(28)17(27)12-16(21)23(31-20)19-6-4-5-11-29-19;1-11-10-24-20-16(5-6-18(27)28)25-19(15-4-2-3-7-23-15)12-8-13(21)14(22)9-17(12)26(11)20;1-2-9-5(7)6(8)3-4-6/h4-6,11-14,20H,3,7-10H2,1-2H3;2-4,7-10,16H,5-6H2,1H3,(H,27,28);8H,2-4H2,1H3/t20-;16-;/m00./s1. The van der Waals surface area contributed by atoms with Crippen LogP contribution in [0.4, 0.5) is 0 Å². The van der Waals surface area contributed by atoms with Gasteiger partial charge in [-0.1, -0.05) is 12.1 Å². The van der Waals surface area contributed by atoms with Gasteiger partial charge in [-0.2, -0.15) is 0 Å². The van der Waals surface area contributed by atoms with Crippen molar-refractivity contribution in [1.29, 1.82) is 0 Å². The Kier molecular flexibility index (Phi) is 16.7. The molecule has 2 aliphatic carbocycles. The largest absolute Gasteiger partial charge is 0.481 e. The number of benzene rings is 2. The molecule has 2 saturated carbocycles. The molecule has 73 heavy (non-hydrogen) atoms. The monoisotopic (exact) mass is 1250 g/mol. The summed E-state index contributed by atoms with van der Waals surface area (Å²) in [6, 6.07) is 18.7. The van der Waals surface area contributed by atoms with E-state index in [0.29, 0.717) is 50.8 Å². The van der Waals surface area contributed by atoms with E-state index in [0.717, 1.165) is 80.5 Å². The number of aryl methyl sites for hydroxylation is 2. The van der Waals surface area contributed by atoms with Crippen molar-refractivity contribution in [2.45, 2.75) is 102 Å².